The van der Waals surface area contributed by atoms with E-state index in [1.807, 2.05) is 30.3 Å². The lowest BCUT2D eigenvalue weighted by Crippen LogP contribution is -2.50. The zero-order valence-electron chi connectivity index (χ0n) is 20.1. The molecule has 0 saturated carbocycles. The molecule has 2 atom stereocenters. The number of aromatic nitrogens is 1. The normalized spacial score (nSPS) is 19.0. The maximum atomic E-state index is 13.8. The van der Waals surface area contributed by atoms with Gasteiger partial charge in [0.25, 0.3) is 5.91 Å². The zero-order valence-corrected chi connectivity index (χ0v) is 20.8. The Bertz CT molecular complexity index is 1330. The number of pyridine rings is 1. The molecule has 1 unspecified atom stereocenters. The maximum Gasteiger partial charge on any atom is 0.412 e. The first-order valence-electron chi connectivity index (χ1n) is 11.8. The van der Waals surface area contributed by atoms with Crippen LogP contribution in [0, 0.1) is 0 Å². The van der Waals surface area contributed by atoms with Crippen molar-refractivity contribution in [3.05, 3.63) is 88.7 Å². The number of hydrogen-bond donors (Lipinski definition) is 2. The second-order valence-electron chi connectivity index (χ2n) is 9.01. The Morgan fingerprint density at radius 3 is 2.76 bits per heavy atom. The van der Waals surface area contributed by atoms with Crippen molar-refractivity contribution >= 4 is 35.2 Å². The van der Waals surface area contributed by atoms with Gasteiger partial charge in [0, 0.05) is 30.0 Å². The molecule has 0 aliphatic carbocycles. The van der Waals surface area contributed by atoms with Crippen molar-refractivity contribution < 1.29 is 23.9 Å². The van der Waals surface area contributed by atoms with Gasteiger partial charge < -0.3 is 19.7 Å². The molecule has 2 aliphatic heterocycles. The third-order valence-corrected chi connectivity index (χ3v) is 6.87. The molecular formula is C27H25ClN4O5. The number of nitrogens with zero attached hydrogens (tertiary/aromatic N) is 2. The van der Waals surface area contributed by atoms with Crippen molar-refractivity contribution in [2.45, 2.75) is 24.5 Å². The molecule has 1 saturated heterocycles. The molecule has 3 aromatic rings. The van der Waals surface area contributed by atoms with Crippen LogP contribution >= 0.6 is 11.6 Å². The minimum atomic E-state index is -1.02. The van der Waals surface area contributed by atoms with Crippen LogP contribution in [0.15, 0.2) is 66.9 Å². The van der Waals surface area contributed by atoms with Crippen LogP contribution in [0.4, 0.5) is 10.5 Å². The quantitative estimate of drug-likeness (QED) is 0.512. The number of amides is 3. The van der Waals surface area contributed by atoms with Crippen molar-refractivity contribution in [1.82, 2.24) is 15.2 Å². The van der Waals surface area contributed by atoms with E-state index in [0.717, 1.165) is 11.1 Å². The highest BCUT2D eigenvalue weighted by Gasteiger charge is 2.49. The average Bonchev–Trinajstić information content (AvgIpc) is 3.33. The summed E-state index contributed by atoms with van der Waals surface area (Å²) in [5, 5.41) is 6.05. The number of hydrogen-bond acceptors (Lipinski definition) is 6. The summed E-state index contributed by atoms with van der Waals surface area (Å²) in [7, 11) is 1.51. The van der Waals surface area contributed by atoms with E-state index in [9.17, 15) is 14.4 Å². The first-order chi connectivity index (χ1) is 17.9. The molecule has 9 nitrogen and oxygen atoms in total. The fourth-order valence-electron chi connectivity index (χ4n) is 4.78. The summed E-state index contributed by atoms with van der Waals surface area (Å²) >= 11 is 6.24. The lowest BCUT2D eigenvalue weighted by molar-refractivity contribution is -0.133. The van der Waals surface area contributed by atoms with Gasteiger partial charge in [0.1, 0.15) is 17.5 Å². The van der Waals surface area contributed by atoms with Crippen molar-refractivity contribution in [1.29, 1.82) is 0 Å². The van der Waals surface area contributed by atoms with E-state index in [-0.39, 0.29) is 24.6 Å². The molecule has 3 amide bonds. The van der Waals surface area contributed by atoms with Gasteiger partial charge in [-0.2, -0.15) is 0 Å². The topological polar surface area (TPSA) is 110 Å². The van der Waals surface area contributed by atoms with Crippen molar-refractivity contribution in [2.75, 3.05) is 25.5 Å². The number of carbonyl (C=O) groups is 3. The van der Waals surface area contributed by atoms with E-state index in [1.165, 1.54) is 19.4 Å². The third kappa shape index (κ3) is 5.08. The van der Waals surface area contributed by atoms with Crippen molar-refractivity contribution in [2.24, 2.45) is 0 Å². The molecule has 1 spiro atoms. The largest absolute Gasteiger partial charge is 0.495 e. The Balaban J connectivity index is 1.39. The molecule has 1 aromatic heterocycles. The second-order valence-corrected chi connectivity index (χ2v) is 9.44. The third-order valence-electron chi connectivity index (χ3n) is 6.63. The van der Waals surface area contributed by atoms with E-state index in [2.05, 4.69) is 15.6 Å². The summed E-state index contributed by atoms with van der Waals surface area (Å²) in [4.78, 5) is 44.9. The number of methoxy groups -OCH3 is 1. The summed E-state index contributed by atoms with van der Waals surface area (Å²) in [6.07, 6.45) is 1.56. The predicted octanol–water partition coefficient (Wildman–Crippen LogP) is 3.77. The Labute approximate surface area is 218 Å². The molecule has 1 fully saturated rings. The number of carbonyl (C=O) groups excluding carboxylic acids is 3. The van der Waals surface area contributed by atoms with Gasteiger partial charge in [-0.3, -0.25) is 14.9 Å². The maximum absolute atomic E-state index is 13.8. The van der Waals surface area contributed by atoms with Crippen LogP contribution in [0.1, 0.15) is 28.0 Å². The van der Waals surface area contributed by atoms with Crippen LogP contribution < -0.4 is 15.4 Å². The molecule has 2 N–H and O–H groups in total. The number of halogens is 1. The molecule has 37 heavy (non-hydrogen) atoms. The summed E-state index contributed by atoms with van der Waals surface area (Å²) in [6.45, 7) is 0.495. The molecule has 2 aliphatic rings. The van der Waals surface area contributed by atoms with Gasteiger partial charge in [0.15, 0.2) is 5.60 Å². The van der Waals surface area contributed by atoms with Crippen LogP contribution in [0.3, 0.4) is 0 Å². The molecule has 3 heterocycles. The summed E-state index contributed by atoms with van der Waals surface area (Å²) < 4.78 is 10.9. The van der Waals surface area contributed by atoms with Gasteiger partial charge in [-0.25, -0.2) is 9.78 Å². The Kier molecular flexibility index (Phi) is 6.71. The van der Waals surface area contributed by atoms with Crippen LogP contribution in [0.5, 0.6) is 5.75 Å². The molecule has 10 heteroatoms. The standard InChI is InChI=1S/C27H25ClN4O5/c1-36-19-8-10-22(29-15-19)24(33)30-23(13-17-5-3-2-4-6-17)25(34)32-12-11-27(16-32)20-14-18(28)7-9-21(20)31-26(35)37-27/h2-10,14-15,23H,11-13,16H2,1H3,(H,30,33)(H,31,35)/t23-,27?/m0/s1. The van der Waals surface area contributed by atoms with Gasteiger partial charge in [-0.05, 0) is 35.9 Å². The van der Waals surface area contributed by atoms with E-state index in [0.29, 0.717) is 29.4 Å². The van der Waals surface area contributed by atoms with E-state index < -0.39 is 23.6 Å². The monoisotopic (exact) mass is 520 g/mol. The van der Waals surface area contributed by atoms with Gasteiger partial charge in [-0.15, -0.1) is 0 Å². The number of benzene rings is 2. The fourth-order valence-corrected chi connectivity index (χ4v) is 4.95. The molecule has 2 aromatic carbocycles. The number of nitrogens with one attached hydrogen (secondary N) is 2. The van der Waals surface area contributed by atoms with E-state index in [4.69, 9.17) is 21.1 Å². The van der Waals surface area contributed by atoms with Crippen LogP contribution in [0.25, 0.3) is 0 Å². The number of likely N-dealkylation sites (tertiary alicyclic amines) is 1. The number of anilines is 1. The highest BCUT2D eigenvalue weighted by Crippen LogP contribution is 2.43. The van der Waals surface area contributed by atoms with Crippen molar-refractivity contribution in [3.8, 4) is 5.75 Å². The van der Waals surface area contributed by atoms with E-state index in [1.54, 1.807) is 29.2 Å². The van der Waals surface area contributed by atoms with Crippen LogP contribution in [-0.4, -0.2) is 54.0 Å². The van der Waals surface area contributed by atoms with Crippen molar-refractivity contribution in [3.63, 3.8) is 0 Å². The second kappa shape index (κ2) is 10.1. The van der Waals surface area contributed by atoms with Gasteiger partial charge in [0.05, 0.1) is 25.5 Å². The van der Waals surface area contributed by atoms with Crippen LogP contribution in [-0.2, 0) is 21.6 Å². The molecule has 5 rings (SSSR count). The Morgan fingerprint density at radius 2 is 2.03 bits per heavy atom. The highest BCUT2D eigenvalue weighted by molar-refractivity contribution is 6.30. The fraction of sp³-hybridized carbons (Fsp3) is 0.259. The molecular weight excluding hydrogens is 496 g/mol. The Morgan fingerprint density at radius 1 is 1.22 bits per heavy atom. The predicted molar refractivity (Wildman–Crippen MR) is 137 cm³/mol. The van der Waals surface area contributed by atoms with Gasteiger partial charge >= 0.3 is 6.09 Å². The van der Waals surface area contributed by atoms with Crippen LogP contribution in [0.2, 0.25) is 5.02 Å². The SMILES string of the molecule is COc1ccc(C(=O)N[C@@H](Cc2ccccc2)C(=O)N2CCC3(C2)OC(=O)Nc2ccc(Cl)cc23)nc1. The lowest BCUT2D eigenvalue weighted by atomic mass is 9.90. The minimum Gasteiger partial charge on any atom is -0.495 e. The first kappa shape index (κ1) is 24.6. The molecule has 190 valence electrons. The zero-order chi connectivity index (χ0) is 26.0. The van der Waals surface area contributed by atoms with E-state index >= 15 is 0 Å². The number of ether oxygens (including phenoxy) is 2. The number of rotatable bonds is 6. The highest BCUT2D eigenvalue weighted by atomic mass is 35.5. The van der Waals surface area contributed by atoms with Gasteiger partial charge in [-0.1, -0.05) is 41.9 Å². The smallest absolute Gasteiger partial charge is 0.412 e. The summed E-state index contributed by atoms with van der Waals surface area (Å²) in [5.41, 5.74) is 1.37. The Hall–Kier alpha value is -4.11. The average molecular weight is 521 g/mol. The van der Waals surface area contributed by atoms with Gasteiger partial charge in [0.2, 0.25) is 5.91 Å². The lowest BCUT2D eigenvalue weighted by Gasteiger charge is -2.35. The molecule has 0 bridgehead atoms. The molecule has 0 radical (unpaired) electrons. The summed E-state index contributed by atoms with van der Waals surface area (Å²) in [5.74, 6) is -0.232. The minimum absolute atomic E-state index is 0.147. The number of fused-ring (bicyclic) bond motifs is 2. The summed E-state index contributed by atoms with van der Waals surface area (Å²) in [6, 6.07) is 16.9. The first-order valence-corrected chi connectivity index (χ1v) is 12.2.